The Morgan fingerprint density at radius 3 is 2.22 bits per heavy atom. The molecule has 0 spiro atoms. The summed E-state index contributed by atoms with van der Waals surface area (Å²) >= 11 is 1.71. The largest absolute Gasteiger partial charge is 0.383 e. The summed E-state index contributed by atoms with van der Waals surface area (Å²) in [6, 6.07) is 0.341. The lowest BCUT2D eigenvalue weighted by Crippen LogP contribution is -2.43. The molecule has 0 bridgehead atoms. The minimum atomic E-state index is 0.135. The van der Waals surface area contributed by atoms with E-state index in [1.54, 1.807) is 18.9 Å². The Kier molecular flexibility index (Phi) is 8.70. The van der Waals surface area contributed by atoms with Crippen LogP contribution >= 0.6 is 11.8 Å². The van der Waals surface area contributed by atoms with Gasteiger partial charge in [-0.15, -0.1) is 11.8 Å². The molecule has 0 aromatic heterocycles. The first kappa shape index (κ1) is 17.8. The first-order valence-corrected chi connectivity index (χ1v) is 7.76. The fourth-order valence-corrected chi connectivity index (χ4v) is 2.51. The zero-order valence-electron chi connectivity index (χ0n) is 12.8. The molecule has 1 amide bonds. The van der Waals surface area contributed by atoms with Gasteiger partial charge < -0.3 is 9.64 Å². The van der Waals surface area contributed by atoms with E-state index in [-0.39, 0.29) is 10.7 Å². The predicted octanol–water partition coefficient (Wildman–Crippen LogP) is 3.18. The van der Waals surface area contributed by atoms with Gasteiger partial charge in [0.2, 0.25) is 5.91 Å². The van der Waals surface area contributed by atoms with Crippen molar-refractivity contribution in [3.8, 4) is 0 Å². The average molecular weight is 275 g/mol. The van der Waals surface area contributed by atoms with E-state index >= 15 is 0 Å². The van der Waals surface area contributed by atoms with Crippen LogP contribution in [0.3, 0.4) is 0 Å². The summed E-state index contributed by atoms with van der Waals surface area (Å²) in [5.74, 6) is 0.796. The number of ether oxygens (including phenoxy) is 1. The molecule has 4 heteroatoms. The standard InChI is InChI=1S/C14H29NO2S/c1-7-12(8-2)15(9-10-17-6)13(16)11-18-14(3,4)5/h12H,7-11H2,1-6H3. The number of methoxy groups -OCH3 is 1. The second kappa shape index (κ2) is 8.81. The Labute approximate surface area is 117 Å². The summed E-state index contributed by atoms with van der Waals surface area (Å²) in [5, 5.41) is 0. The van der Waals surface area contributed by atoms with E-state index in [9.17, 15) is 4.79 Å². The third-order valence-corrected chi connectivity index (χ3v) is 4.13. The smallest absolute Gasteiger partial charge is 0.232 e. The maximum absolute atomic E-state index is 12.3. The van der Waals surface area contributed by atoms with Crippen molar-refractivity contribution in [2.24, 2.45) is 0 Å². The molecule has 0 saturated carbocycles. The molecule has 0 rings (SSSR count). The number of amides is 1. The molecule has 0 saturated heterocycles. The van der Waals surface area contributed by atoms with Crippen LogP contribution in [0.1, 0.15) is 47.5 Å². The fourth-order valence-electron chi connectivity index (χ4n) is 1.79. The van der Waals surface area contributed by atoms with Crippen molar-refractivity contribution in [1.29, 1.82) is 0 Å². The maximum atomic E-state index is 12.3. The van der Waals surface area contributed by atoms with Crippen molar-refractivity contribution < 1.29 is 9.53 Å². The summed E-state index contributed by atoms with van der Waals surface area (Å²) in [5.41, 5.74) is 0. The highest BCUT2D eigenvalue weighted by molar-refractivity contribution is 8.01. The van der Waals surface area contributed by atoms with E-state index in [0.29, 0.717) is 24.9 Å². The number of carbonyl (C=O) groups is 1. The molecule has 0 fully saturated rings. The summed E-state index contributed by atoms with van der Waals surface area (Å²) < 4.78 is 5.24. The van der Waals surface area contributed by atoms with Crippen molar-refractivity contribution in [2.75, 3.05) is 26.0 Å². The van der Waals surface area contributed by atoms with E-state index in [1.165, 1.54) is 0 Å². The molecule has 0 aliphatic carbocycles. The van der Waals surface area contributed by atoms with E-state index in [4.69, 9.17) is 4.74 Å². The van der Waals surface area contributed by atoms with Crippen molar-refractivity contribution in [3.05, 3.63) is 0 Å². The normalized spacial score (nSPS) is 11.9. The molecule has 108 valence electrons. The van der Waals surface area contributed by atoms with E-state index < -0.39 is 0 Å². The number of carbonyl (C=O) groups excluding carboxylic acids is 1. The summed E-state index contributed by atoms with van der Waals surface area (Å²) in [4.78, 5) is 14.3. The SMILES string of the molecule is CCC(CC)N(CCOC)C(=O)CSC(C)(C)C. The summed E-state index contributed by atoms with van der Waals surface area (Å²) in [6.45, 7) is 12.0. The van der Waals surface area contributed by atoms with E-state index in [1.807, 2.05) is 4.90 Å². The van der Waals surface area contributed by atoms with Crippen LogP contribution < -0.4 is 0 Å². The van der Waals surface area contributed by atoms with Gasteiger partial charge in [-0.1, -0.05) is 34.6 Å². The second-order valence-electron chi connectivity index (χ2n) is 5.45. The first-order valence-electron chi connectivity index (χ1n) is 6.78. The second-order valence-corrected chi connectivity index (χ2v) is 7.25. The Morgan fingerprint density at radius 2 is 1.83 bits per heavy atom. The third kappa shape index (κ3) is 7.27. The lowest BCUT2D eigenvalue weighted by atomic mass is 10.1. The number of hydrogen-bond acceptors (Lipinski definition) is 3. The van der Waals surface area contributed by atoms with Gasteiger partial charge in [-0.3, -0.25) is 4.79 Å². The quantitative estimate of drug-likeness (QED) is 0.681. The van der Waals surface area contributed by atoms with Gasteiger partial charge in [0.05, 0.1) is 12.4 Å². The predicted molar refractivity (Wildman–Crippen MR) is 80.2 cm³/mol. The zero-order chi connectivity index (χ0) is 14.2. The third-order valence-electron chi connectivity index (χ3n) is 2.87. The highest BCUT2D eigenvalue weighted by Crippen LogP contribution is 2.24. The molecular formula is C14H29NO2S. The van der Waals surface area contributed by atoms with Crippen molar-refractivity contribution in [1.82, 2.24) is 4.90 Å². The number of thioether (sulfide) groups is 1. The van der Waals surface area contributed by atoms with Crippen molar-refractivity contribution in [3.63, 3.8) is 0 Å². The minimum absolute atomic E-state index is 0.135. The van der Waals surface area contributed by atoms with Crippen LogP contribution in [-0.4, -0.2) is 47.6 Å². The van der Waals surface area contributed by atoms with Crippen LogP contribution in [-0.2, 0) is 9.53 Å². The van der Waals surface area contributed by atoms with Gasteiger partial charge in [0.25, 0.3) is 0 Å². The maximum Gasteiger partial charge on any atom is 0.232 e. The van der Waals surface area contributed by atoms with Gasteiger partial charge >= 0.3 is 0 Å². The van der Waals surface area contributed by atoms with E-state index in [2.05, 4.69) is 34.6 Å². The Bertz CT molecular complexity index is 234. The molecule has 0 aliphatic heterocycles. The molecule has 0 N–H and O–H groups in total. The number of hydrogen-bond donors (Lipinski definition) is 0. The molecule has 0 aliphatic rings. The van der Waals surface area contributed by atoms with Crippen LogP contribution in [0.4, 0.5) is 0 Å². The molecule has 0 heterocycles. The van der Waals surface area contributed by atoms with Gasteiger partial charge in [-0.2, -0.15) is 0 Å². The first-order chi connectivity index (χ1) is 8.35. The van der Waals surface area contributed by atoms with Gasteiger partial charge in [0.1, 0.15) is 0 Å². The Balaban J connectivity index is 4.48. The van der Waals surface area contributed by atoms with Crippen LogP contribution in [0.25, 0.3) is 0 Å². The molecule has 18 heavy (non-hydrogen) atoms. The van der Waals surface area contributed by atoms with Gasteiger partial charge in [-0.05, 0) is 12.8 Å². The highest BCUT2D eigenvalue weighted by atomic mass is 32.2. The Morgan fingerprint density at radius 1 is 1.28 bits per heavy atom. The zero-order valence-corrected chi connectivity index (χ0v) is 13.6. The summed E-state index contributed by atoms with van der Waals surface area (Å²) in [6.07, 6.45) is 2.01. The van der Waals surface area contributed by atoms with Crippen molar-refractivity contribution >= 4 is 17.7 Å². The van der Waals surface area contributed by atoms with Gasteiger partial charge in [-0.25, -0.2) is 0 Å². The topological polar surface area (TPSA) is 29.5 Å². The highest BCUT2D eigenvalue weighted by Gasteiger charge is 2.22. The number of nitrogens with zero attached hydrogens (tertiary/aromatic N) is 1. The fraction of sp³-hybridized carbons (Fsp3) is 0.929. The number of rotatable bonds is 8. The Hall–Kier alpha value is -0.220. The average Bonchev–Trinajstić information content (AvgIpc) is 2.30. The monoisotopic (exact) mass is 275 g/mol. The van der Waals surface area contributed by atoms with Crippen LogP contribution in [0, 0.1) is 0 Å². The molecule has 0 unspecified atom stereocenters. The molecule has 0 aromatic rings. The van der Waals surface area contributed by atoms with Crippen LogP contribution in [0.2, 0.25) is 0 Å². The lowest BCUT2D eigenvalue weighted by Gasteiger charge is -2.31. The molecule has 0 aromatic carbocycles. The minimum Gasteiger partial charge on any atom is -0.383 e. The van der Waals surface area contributed by atoms with Crippen LogP contribution in [0.15, 0.2) is 0 Å². The molecule has 3 nitrogen and oxygen atoms in total. The van der Waals surface area contributed by atoms with E-state index in [0.717, 1.165) is 12.8 Å². The van der Waals surface area contributed by atoms with Crippen LogP contribution in [0.5, 0.6) is 0 Å². The van der Waals surface area contributed by atoms with Gasteiger partial charge in [0.15, 0.2) is 0 Å². The molecule has 0 radical (unpaired) electrons. The summed E-state index contributed by atoms with van der Waals surface area (Å²) in [7, 11) is 1.68. The molecular weight excluding hydrogens is 246 g/mol. The van der Waals surface area contributed by atoms with Crippen molar-refractivity contribution in [2.45, 2.75) is 58.2 Å². The lowest BCUT2D eigenvalue weighted by molar-refractivity contribution is -0.131. The van der Waals surface area contributed by atoms with Gasteiger partial charge in [0, 0.05) is 24.4 Å². The molecule has 0 atom stereocenters.